The maximum atomic E-state index is 5.89. The van der Waals surface area contributed by atoms with Crippen molar-refractivity contribution in [2.24, 2.45) is 5.92 Å². The van der Waals surface area contributed by atoms with Gasteiger partial charge in [-0.25, -0.2) is 0 Å². The Kier molecular flexibility index (Phi) is 5.06. The second kappa shape index (κ2) is 6.79. The van der Waals surface area contributed by atoms with Gasteiger partial charge in [-0.2, -0.15) is 0 Å². The van der Waals surface area contributed by atoms with Crippen molar-refractivity contribution in [3.05, 3.63) is 42.5 Å². The zero-order chi connectivity index (χ0) is 12.8. The van der Waals surface area contributed by atoms with Gasteiger partial charge in [0.1, 0.15) is 5.75 Å². The fraction of sp³-hybridized carbons (Fsp3) is 0.375. The third-order valence-corrected chi connectivity index (χ3v) is 4.04. The molecular formula is C16H19BrO. The van der Waals surface area contributed by atoms with Crippen LogP contribution in [-0.2, 0) is 0 Å². The summed E-state index contributed by atoms with van der Waals surface area (Å²) in [5, 5.41) is 3.50. The minimum absolute atomic E-state index is 0.599. The molecule has 2 heteroatoms. The average molecular weight is 307 g/mol. The SMILES string of the molecule is CCCC(CBr)COc1ccc2ccccc2c1. The van der Waals surface area contributed by atoms with E-state index in [0.29, 0.717) is 5.92 Å². The Morgan fingerprint density at radius 1 is 1.11 bits per heavy atom. The molecular weight excluding hydrogens is 288 g/mol. The number of benzene rings is 2. The minimum atomic E-state index is 0.599. The lowest BCUT2D eigenvalue weighted by molar-refractivity contribution is 0.255. The third kappa shape index (κ3) is 3.49. The third-order valence-electron chi connectivity index (χ3n) is 3.12. The van der Waals surface area contributed by atoms with Crippen LogP contribution in [0.3, 0.4) is 0 Å². The van der Waals surface area contributed by atoms with Crippen LogP contribution in [-0.4, -0.2) is 11.9 Å². The Balaban J connectivity index is 2.03. The van der Waals surface area contributed by atoms with E-state index in [1.807, 2.05) is 0 Å². The van der Waals surface area contributed by atoms with Crippen LogP contribution in [0.5, 0.6) is 5.75 Å². The first kappa shape index (κ1) is 13.4. The molecule has 0 radical (unpaired) electrons. The zero-order valence-electron chi connectivity index (χ0n) is 10.7. The largest absolute Gasteiger partial charge is 0.493 e. The monoisotopic (exact) mass is 306 g/mol. The highest BCUT2D eigenvalue weighted by Crippen LogP contribution is 2.21. The Hall–Kier alpha value is -1.02. The van der Waals surface area contributed by atoms with Crippen LogP contribution >= 0.6 is 15.9 Å². The first-order chi connectivity index (χ1) is 8.83. The predicted molar refractivity (Wildman–Crippen MR) is 81.6 cm³/mol. The molecule has 2 aromatic rings. The summed E-state index contributed by atoms with van der Waals surface area (Å²) in [5.74, 6) is 1.57. The van der Waals surface area contributed by atoms with Crippen molar-refractivity contribution in [3.8, 4) is 5.75 Å². The molecule has 0 heterocycles. The van der Waals surface area contributed by atoms with Crippen LogP contribution in [0.2, 0.25) is 0 Å². The van der Waals surface area contributed by atoms with Gasteiger partial charge in [-0.05, 0) is 29.3 Å². The molecule has 2 rings (SSSR count). The van der Waals surface area contributed by atoms with Gasteiger partial charge < -0.3 is 4.74 Å². The van der Waals surface area contributed by atoms with Gasteiger partial charge in [-0.15, -0.1) is 0 Å². The summed E-state index contributed by atoms with van der Waals surface area (Å²) in [7, 11) is 0. The molecule has 0 aromatic heterocycles. The summed E-state index contributed by atoms with van der Waals surface area (Å²) in [4.78, 5) is 0. The topological polar surface area (TPSA) is 9.23 Å². The van der Waals surface area contributed by atoms with Crippen molar-refractivity contribution in [3.63, 3.8) is 0 Å². The molecule has 1 nitrogen and oxygen atoms in total. The molecule has 96 valence electrons. The number of halogens is 1. The minimum Gasteiger partial charge on any atom is -0.493 e. The van der Waals surface area contributed by atoms with E-state index >= 15 is 0 Å². The van der Waals surface area contributed by atoms with Gasteiger partial charge in [0, 0.05) is 11.2 Å². The van der Waals surface area contributed by atoms with Gasteiger partial charge in [0.15, 0.2) is 0 Å². The van der Waals surface area contributed by atoms with E-state index in [9.17, 15) is 0 Å². The average Bonchev–Trinajstić information content (AvgIpc) is 2.43. The van der Waals surface area contributed by atoms with Crippen LogP contribution in [0.25, 0.3) is 10.8 Å². The zero-order valence-corrected chi connectivity index (χ0v) is 12.3. The standard InChI is InChI=1S/C16H19BrO/c1-2-5-13(11-17)12-18-16-9-8-14-6-3-4-7-15(14)10-16/h3-4,6-10,13H,2,5,11-12H2,1H3. The molecule has 18 heavy (non-hydrogen) atoms. The second-order valence-corrected chi connectivity index (χ2v) is 5.28. The Morgan fingerprint density at radius 3 is 2.61 bits per heavy atom. The summed E-state index contributed by atoms with van der Waals surface area (Å²) in [6, 6.07) is 14.7. The molecule has 0 N–H and O–H groups in total. The lowest BCUT2D eigenvalue weighted by atomic mass is 10.1. The van der Waals surface area contributed by atoms with Crippen LogP contribution < -0.4 is 4.74 Å². The lowest BCUT2D eigenvalue weighted by Crippen LogP contribution is -2.13. The van der Waals surface area contributed by atoms with Gasteiger partial charge in [-0.3, -0.25) is 0 Å². The number of hydrogen-bond donors (Lipinski definition) is 0. The molecule has 2 aromatic carbocycles. The first-order valence-corrected chi connectivity index (χ1v) is 7.63. The van der Waals surface area contributed by atoms with Crippen molar-refractivity contribution in [1.29, 1.82) is 0 Å². The summed E-state index contributed by atoms with van der Waals surface area (Å²) in [5.41, 5.74) is 0. The quantitative estimate of drug-likeness (QED) is 0.680. The highest BCUT2D eigenvalue weighted by Gasteiger charge is 2.07. The van der Waals surface area contributed by atoms with Gasteiger partial charge in [0.2, 0.25) is 0 Å². The van der Waals surface area contributed by atoms with Crippen LogP contribution in [0.4, 0.5) is 0 Å². The van der Waals surface area contributed by atoms with E-state index in [1.54, 1.807) is 0 Å². The van der Waals surface area contributed by atoms with E-state index in [-0.39, 0.29) is 0 Å². The van der Waals surface area contributed by atoms with Crippen molar-refractivity contribution >= 4 is 26.7 Å². The van der Waals surface area contributed by atoms with Crippen LogP contribution in [0.1, 0.15) is 19.8 Å². The van der Waals surface area contributed by atoms with Gasteiger partial charge in [-0.1, -0.05) is 59.6 Å². The molecule has 0 fully saturated rings. The maximum Gasteiger partial charge on any atom is 0.119 e. The molecule has 0 aliphatic rings. The molecule has 0 aliphatic heterocycles. The molecule has 0 saturated carbocycles. The number of alkyl halides is 1. The normalized spacial score (nSPS) is 12.6. The lowest BCUT2D eigenvalue weighted by Gasteiger charge is -2.14. The molecule has 0 saturated heterocycles. The molecule has 1 atom stereocenters. The molecule has 1 unspecified atom stereocenters. The van der Waals surface area contributed by atoms with Gasteiger partial charge >= 0.3 is 0 Å². The first-order valence-electron chi connectivity index (χ1n) is 6.51. The molecule has 0 bridgehead atoms. The van der Waals surface area contributed by atoms with E-state index in [2.05, 4.69) is 65.3 Å². The van der Waals surface area contributed by atoms with E-state index in [0.717, 1.165) is 17.7 Å². The Bertz CT molecular complexity index is 495. The van der Waals surface area contributed by atoms with Crippen molar-refractivity contribution in [2.75, 3.05) is 11.9 Å². The van der Waals surface area contributed by atoms with E-state index in [4.69, 9.17) is 4.74 Å². The fourth-order valence-electron chi connectivity index (χ4n) is 2.08. The van der Waals surface area contributed by atoms with E-state index in [1.165, 1.54) is 23.6 Å². The number of ether oxygens (including phenoxy) is 1. The Labute approximate surface area is 117 Å². The molecule has 0 aliphatic carbocycles. The van der Waals surface area contributed by atoms with Crippen molar-refractivity contribution < 1.29 is 4.74 Å². The van der Waals surface area contributed by atoms with Gasteiger partial charge in [0.05, 0.1) is 6.61 Å². The summed E-state index contributed by atoms with van der Waals surface area (Å²) in [6.07, 6.45) is 2.41. The van der Waals surface area contributed by atoms with Crippen molar-refractivity contribution in [1.82, 2.24) is 0 Å². The fourth-order valence-corrected chi connectivity index (χ4v) is 2.60. The number of rotatable bonds is 6. The summed E-state index contributed by atoms with van der Waals surface area (Å²) >= 11 is 3.55. The maximum absolute atomic E-state index is 5.89. The highest BCUT2D eigenvalue weighted by molar-refractivity contribution is 9.09. The molecule has 0 amide bonds. The Morgan fingerprint density at radius 2 is 1.89 bits per heavy atom. The predicted octanol–water partition coefficient (Wildman–Crippen LogP) is 5.03. The number of fused-ring (bicyclic) bond motifs is 1. The van der Waals surface area contributed by atoms with Crippen molar-refractivity contribution in [2.45, 2.75) is 19.8 Å². The molecule has 0 spiro atoms. The van der Waals surface area contributed by atoms with E-state index < -0.39 is 0 Å². The smallest absolute Gasteiger partial charge is 0.119 e. The summed E-state index contributed by atoms with van der Waals surface area (Å²) < 4.78 is 5.89. The van der Waals surface area contributed by atoms with Crippen LogP contribution in [0.15, 0.2) is 42.5 Å². The van der Waals surface area contributed by atoms with Crippen LogP contribution in [0, 0.1) is 5.92 Å². The second-order valence-electron chi connectivity index (χ2n) is 4.63. The number of hydrogen-bond acceptors (Lipinski definition) is 1. The summed E-state index contributed by atoms with van der Waals surface area (Å²) in [6.45, 7) is 3.00. The van der Waals surface area contributed by atoms with Gasteiger partial charge in [0.25, 0.3) is 0 Å². The highest BCUT2D eigenvalue weighted by atomic mass is 79.9.